The Morgan fingerprint density at radius 2 is 2.19 bits per heavy atom. The number of carbonyl (C=O) groups excluding carboxylic acids is 2. The van der Waals surface area contributed by atoms with Gasteiger partial charge in [-0.15, -0.1) is 0 Å². The summed E-state index contributed by atoms with van der Waals surface area (Å²) in [4.78, 5) is 39.8. The Morgan fingerprint density at radius 1 is 1.46 bits per heavy atom. The first-order valence-corrected chi connectivity index (χ1v) is 8.81. The van der Waals surface area contributed by atoms with Crippen molar-refractivity contribution in [3.63, 3.8) is 0 Å². The number of nitrogens with one attached hydrogen (secondary N) is 2. The van der Waals surface area contributed by atoms with Crippen molar-refractivity contribution in [2.45, 2.75) is 25.8 Å². The van der Waals surface area contributed by atoms with E-state index in [4.69, 9.17) is 0 Å². The number of amides is 2. The number of likely N-dealkylation sites (tertiary alicyclic amines) is 1. The molecule has 0 atom stereocenters. The monoisotopic (exact) mass is 356 g/mol. The number of H-pyrrole nitrogens is 1. The van der Waals surface area contributed by atoms with Crippen molar-refractivity contribution in [2.24, 2.45) is 0 Å². The van der Waals surface area contributed by atoms with Gasteiger partial charge in [-0.2, -0.15) is 0 Å². The summed E-state index contributed by atoms with van der Waals surface area (Å²) >= 11 is 0. The second-order valence-corrected chi connectivity index (χ2v) is 6.36. The Balaban J connectivity index is 1.77. The molecule has 1 saturated heterocycles. The molecule has 1 aliphatic heterocycles. The van der Waals surface area contributed by atoms with Crippen LogP contribution in [0.2, 0.25) is 0 Å². The van der Waals surface area contributed by atoms with Crippen LogP contribution < -0.4 is 10.2 Å². The zero-order chi connectivity index (χ0) is 18.7. The van der Waals surface area contributed by atoms with Crippen molar-refractivity contribution in [1.29, 1.82) is 0 Å². The summed E-state index contributed by atoms with van der Waals surface area (Å²) in [6.45, 7) is 7.37. The molecule has 2 N–H and O–H groups in total. The molecule has 0 unspecified atom stereocenters. The van der Waals surface area contributed by atoms with Gasteiger partial charge < -0.3 is 20.1 Å². The normalized spacial score (nSPS) is 15.1. The molecule has 1 fully saturated rings. The lowest BCUT2D eigenvalue weighted by Gasteiger charge is -2.36. The molecule has 2 amide bonds. The van der Waals surface area contributed by atoms with Crippen LogP contribution in [0.25, 0.3) is 11.2 Å². The predicted octanol–water partition coefficient (Wildman–Crippen LogP) is 1.32. The van der Waals surface area contributed by atoms with Gasteiger partial charge in [-0.05, 0) is 25.8 Å². The van der Waals surface area contributed by atoms with Crippen molar-refractivity contribution >= 4 is 28.8 Å². The minimum Gasteiger partial charge on any atom is -0.355 e. The topological polar surface area (TPSA) is 94.2 Å². The number of anilines is 1. The highest BCUT2D eigenvalue weighted by atomic mass is 16.2. The van der Waals surface area contributed by atoms with Crippen molar-refractivity contribution in [1.82, 2.24) is 25.2 Å². The van der Waals surface area contributed by atoms with E-state index < -0.39 is 0 Å². The average molecular weight is 356 g/mol. The predicted molar refractivity (Wildman–Crippen MR) is 100 cm³/mol. The smallest absolute Gasteiger partial charge is 0.255 e. The quantitative estimate of drug-likeness (QED) is 0.788. The number of piperidine rings is 1. The van der Waals surface area contributed by atoms with Crippen LogP contribution in [0.1, 0.15) is 30.1 Å². The SMILES string of the molecule is C=CC(=O)N1CCC(N(C)c2cnc3[nH]cc(C(=O)NCC)c3n2)CC1. The molecule has 0 radical (unpaired) electrons. The second kappa shape index (κ2) is 7.55. The summed E-state index contributed by atoms with van der Waals surface area (Å²) in [6.07, 6.45) is 6.41. The molecule has 8 heteroatoms. The van der Waals surface area contributed by atoms with Gasteiger partial charge in [0, 0.05) is 38.9 Å². The van der Waals surface area contributed by atoms with E-state index >= 15 is 0 Å². The maximum Gasteiger partial charge on any atom is 0.255 e. The van der Waals surface area contributed by atoms with Gasteiger partial charge in [0.2, 0.25) is 5.91 Å². The molecule has 8 nitrogen and oxygen atoms in total. The Kier molecular flexibility index (Phi) is 5.20. The summed E-state index contributed by atoms with van der Waals surface area (Å²) < 4.78 is 0. The molecule has 3 heterocycles. The number of carbonyl (C=O) groups is 2. The number of hydrogen-bond donors (Lipinski definition) is 2. The highest BCUT2D eigenvalue weighted by Crippen LogP contribution is 2.23. The number of rotatable bonds is 5. The van der Waals surface area contributed by atoms with Crippen LogP contribution in [0.15, 0.2) is 25.0 Å². The molecule has 0 aliphatic carbocycles. The fraction of sp³-hybridized carbons (Fsp3) is 0.444. The van der Waals surface area contributed by atoms with Gasteiger partial charge in [-0.3, -0.25) is 9.59 Å². The minimum absolute atomic E-state index is 0.0220. The van der Waals surface area contributed by atoms with Crippen LogP contribution in [0.3, 0.4) is 0 Å². The second-order valence-electron chi connectivity index (χ2n) is 6.36. The molecule has 2 aromatic rings. The third-order valence-electron chi connectivity index (χ3n) is 4.81. The highest BCUT2D eigenvalue weighted by molar-refractivity contribution is 6.04. The fourth-order valence-electron chi connectivity index (χ4n) is 3.27. The molecule has 3 rings (SSSR count). The Bertz CT molecular complexity index is 822. The Hall–Kier alpha value is -2.90. The maximum atomic E-state index is 12.2. The summed E-state index contributed by atoms with van der Waals surface area (Å²) in [5.41, 5.74) is 1.66. The third kappa shape index (κ3) is 3.40. The largest absolute Gasteiger partial charge is 0.355 e. The van der Waals surface area contributed by atoms with E-state index in [2.05, 4.69) is 31.7 Å². The first-order chi connectivity index (χ1) is 12.5. The minimum atomic E-state index is -0.163. The molecule has 0 spiro atoms. The van der Waals surface area contributed by atoms with Crippen molar-refractivity contribution in [2.75, 3.05) is 31.6 Å². The van der Waals surface area contributed by atoms with Crippen molar-refractivity contribution in [3.8, 4) is 0 Å². The lowest BCUT2D eigenvalue weighted by Crippen LogP contribution is -2.45. The molecule has 0 bridgehead atoms. The maximum absolute atomic E-state index is 12.2. The average Bonchev–Trinajstić information content (AvgIpc) is 3.10. The van der Waals surface area contributed by atoms with Crippen molar-refractivity contribution in [3.05, 3.63) is 30.6 Å². The molecular weight excluding hydrogens is 332 g/mol. The van der Waals surface area contributed by atoms with Crippen LogP contribution >= 0.6 is 0 Å². The molecule has 2 aromatic heterocycles. The van der Waals surface area contributed by atoms with E-state index in [9.17, 15) is 9.59 Å². The lowest BCUT2D eigenvalue weighted by molar-refractivity contribution is -0.127. The fourth-order valence-corrected chi connectivity index (χ4v) is 3.27. The van der Waals surface area contributed by atoms with Gasteiger partial charge in [-0.1, -0.05) is 6.58 Å². The van der Waals surface area contributed by atoms with Crippen molar-refractivity contribution < 1.29 is 9.59 Å². The zero-order valence-electron chi connectivity index (χ0n) is 15.2. The van der Waals surface area contributed by atoms with E-state index in [1.54, 1.807) is 12.4 Å². The Morgan fingerprint density at radius 3 is 2.85 bits per heavy atom. The zero-order valence-corrected chi connectivity index (χ0v) is 15.2. The first-order valence-electron chi connectivity index (χ1n) is 8.81. The van der Waals surface area contributed by atoms with Crippen LogP contribution in [0, 0.1) is 0 Å². The molecule has 138 valence electrons. The van der Waals surface area contributed by atoms with E-state index in [0.29, 0.717) is 36.4 Å². The Labute approximate surface area is 152 Å². The van der Waals surface area contributed by atoms with E-state index in [0.717, 1.165) is 18.7 Å². The van der Waals surface area contributed by atoms with E-state index in [-0.39, 0.29) is 17.9 Å². The number of hydrogen-bond acceptors (Lipinski definition) is 5. The number of aromatic nitrogens is 3. The molecular formula is C18H24N6O2. The van der Waals surface area contributed by atoms with Crippen LogP contribution in [0.4, 0.5) is 5.82 Å². The summed E-state index contributed by atoms with van der Waals surface area (Å²) in [6, 6.07) is 0.266. The van der Waals surface area contributed by atoms with Gasteiger partial charge in [0.25, 0.3) is 5.91 Å². The van der Waals surface area contributed by atoms with Gasteiger partial charge in [0.15, 0.2) is 5.65 Å². The first kappa shape index (κ1) is 17.9. The molecule has 0 saturated carbocycles. The standard InChI is InChI=1S/C18H24N6O2/c1-4-15(25)24-8-6-12(7-9-24)23(3)14-11-21-17-16(22-14)13(10-20-17)18(26)19-5-2/h4,10-12H,1,5-9H2,2-3H3,(H,19,26)(H,20,21). The molecule has 0 aromatic carbocycles. The number of fused-ring (bicyclic) bond motifs is 1. The third-order valence-corrected chi connectivity index (χ3v) is 4.81. The van der Waals surface area contributed by atoms with E-state index in [1.165, 1.54) is 6.08 Å². The van der Waals surface area contributed by atoms with Gasteiger partial charge in [0.05, 0.1) is 11.8 Å². The highest BCUT2D eigenvalue weighted by Gasteiger charge is 2.25. The summed E-state index contributed by atoms with van der Waals surface area (Å²) in [5.74, 6) is 0.534. The van der Waals surface area contributed by atoms with Crippen LogP contribution in [-0.4, -0.2) is 64.4 Å². The molecule has 1 aliphatic rings. The van der Waals surface area contributed by atoms with Gasteiger partial charge in [-0.25, -0.2) is 9.97 Å². The summed E-state index contributed by atoms with van der Waals surface area (Å²) in [5, 5.41) is 2.79. The lowest BCUT2D eigenvalue weighted by atomic mass is 10.0. The van der Waals surface area contributed by atoms with E-state index in [1.807, 2.05) is 18.9 Å². The number of nitrogens with zero attached hydrogens (tertiary/aromatic N) is 4. The van der Waals surface area contributed by atoms with Crippen LogP contribution in [-0.2, 0) is 4.79 Å². The van der Waals surface area contributed by atoms with Gasteiger partial charge >= 0.3 is 0 Å². The van der Waals surface area contributed by atoms with Gasteiger partial charge in [0.1, 0.15) is 11.3 Å². The molecule has 26 heavy (non-hydrogen) atoms. The summed E-state index contributed by atoms with van der Waals surface area (Å²) in [7, 11) is 1.98. The number of aromatic amines is 1. The van der Waals surface area contributed by atoms with Crippen LogP contribution in [0.5, 0.6) is 0 Å².